The molecule has 4 heteroatoms. The molecule has 0 spiro atoms. The smallest absolute Gasteiger partial charge is 0.550 e. The largest absolute Gasteiger partial charge is 1.00 e. The molecule has 72 valence electrons. The Kier molecular flexibility index (Phi) is 11.0. The molecule has 0 saturated heterocycles. The second-order valence-electron chi connectivity index (χ2n) is 3.05. The third-order valence-corrected chi connectivity index (χ3v) is 2.21. The number of carboxylic acids is 1. The molecular formula is C9H17NaO3. The predicted octanol–water partition coefficient (Wildman–Crippen LogP) is -2.68. The number of hydrogen-bond donors (Lipinski definition) is 1. The number of aliphatic carboxylic acids is 1. The summed E-state index contributed by atoms with van der Waals surface area (Å²) in [7, 11) is 0. The first-order valence-corrected chi connectivity index (χ1v) is 4.49. The Morgan fingerprint density at radius 2 is 1.92 bits per heavy atom. The topological polar surface area (TPSA) is 60.4 Å². The molecule has 0 fully saturated rings. The number of carbonyl (C=O) groups is 1. The molecule has 1 N–H and O–H groups in total. The van der Waals surface area contributed by atoms with Crippen molar-refractivity contribution in [1.29, 1.82) is 0 Å². The molecule has 0 amide bonds. The molecule has 13 heavy (non-hydrogen) atoms. The van der Waals surface area contributed by atoms with Crippen molar-refractivity contribution >= 4 is 5.97 Å². The summed E-state index contributed by atoms with van der Waals surface area (Å²) in [6.07, 6.45) is 1.71. The van der Waals surface area contributed by atoms with E-state index in [0.29, 0.717) is 12.8 Å². The molecule has 0 aliphatic heterocycles. The zero-order chi connectivity index (χ0) is 9.56. The van der Waals surface area contributed by atoms with Gasteiger partial charge >= 0.3 is 29.6 Å². The Hall–Kier alpha value is 0.430. The number of hydrogen-bond acceptors (Lipinski definition) is 3. The summed E-state index contributed by atoms with van der Waals surface area (Å²) in [6.45, 7) is 3.85. The molecule has 0 aliphatic rings. The molecular weight excluding hydrogens is 179 g/mol. The van der Waals surface area contributed by atoms with Gasteiger partial charge in [-0.2, -0.15) is 0 Å². The second kappa shape index (κ2) is 9.00. The van der Waals surface area contributed by atoms with Crippen LogP contribution in [-0.4, -0.2) is 17.2 Å². The average molecular weight is 196 g/mol. The van der Waals surface area contributed by atoms with E-state index in [1.807, 2.05) is 13.8 Å². The Labute approximate surface area is 102 Å². The molecule has 0 aromatic heterocycles. The van der Waals surface area contributed by atoms with Crippen LogP contribution in [0, 0.1) is 5.92 Å². The van der Waals surface area contributed by atoms with Gasteiger partial charge in [0, 0.05) is 5.97 Å². The average Bonchev–Trinajstić information content (AvgIpc) is 2.04. The van der Waals surface area contributed by atoms with Gasteiger partial charge in [-0.05, 0) is 25.2 Å². The summed E-state index contributed by atoms with van der Waals surface area (Å²) < 4.78 is 0. The fourth-order valence-electron chi connectivity index (χ4n) is 1.31. The molecule has 0 radical (unpaired) electrons. The van der Waals surface area contributed by atoms with E-state index < -0.39 is 5.97 Å². The Morgan fingerprint density at radius 1 is 1.38 bits per heavy atom. The summed E-state index contributed by atoms with van der Waals surface area (Å²) in [5.74, 6) is -0.926. The van der Waals surface area contributed by atoms with E-state index in [1.165, 1.54) is 0 Å². The van der Waals surface area contributed by atoms with Crippen LogP contribution in [0.15, 0.2) is 0 Å². The monoisotopic (exact) mass is 196 g/mol. The molecule has 2 atom stereocenters. The van der Waals surface area contributed by atoms with Crippen LogP contribution in [0.1, 0.15) is 39.5 Å². The van der Waals surface area contributed by atoms with E-state index >= 15 is 0 Å². The number of rotatable bonds is 6. The normalized spacial score (nSPS) is 14.4. The fourth-order valence-corrected chi connectivity index (χ4v) is 1.31. The van der Waals surface area contributed by atoms with E-state index in [-0.39, 0.29) is 48.0 Å². The van der Waals surface area contributed by atoms with E-state index in [1.54, 1.807) is 0 Å². The number of aliphatic hydroxyl groups is 1. The Balaban J connectivity index is 0. The molecule has 0 saturated carbocycles. The van der Waals surface area contributed by atoms with Gasteiger partial charge in [0.1, 0.15) is 0 Å². The first kappa shape index (κ1) is 15.9. The third-order valence-electron chi connectivity index (χ3n) is 2.21. The summed E-state index contributed by atoms with van der Waals surface area (Å²) in [5.41, 5.74) is 0. The van der Waals surface area contributed by atoms with Crippen LogP contribution in [0.25, 0.3) is 0 Å². The van der Waals surface area contributed by atoms with Crippen molar-refractivity contribution in [3.8, 4) is 0 Å². The number of carboxylic acid groups (broad SMARTS) is 1. The van der Waals surface area contributed by atoms with Gasteiger partial charge in [0.25, 0.3) is 0 Å². The van der Waals surface area contributed by atoms with Gasteiger partial charge in [0.15, 0.2) is 0 Å². The van der Waals surface area contributed by atoms with Crippen molar-refractivity contribution < 1.29 is 44.6 Å². The molecule has 0 aliphatic carbocycles. The van der Waals surface area contributed by atoms with E-state index in [4.69, 9.17) is 0 Å². The first-order valence-electron chi connectivity index (χ1n) is 4.49. The van der Waals surface area contributed by atoms with Crippen molar-refractivity contribution in [2.75, 3.05) is 0 Å². The predicted molar refractivity (Wildman–Crippen MR) is 44.3 cm³/mol. The minimum Gasteiger partial charge on any atom is -0.550 e. The minimum atomic E-state index is -1.03. The van der Waals surface area contributed by atoms with Crippen molar-refractivity contribution in [2.24, 2.45) is 5.92 Å². The molecule has 0 aromatic carbocycles. The maximum atomic E-state index is 10.1. The van der Waals surface area contributed by atoms with Crippen molar-refractivity contribution in [2.45, 2.75) is 45.6 Å². The minimum absolute atomic E-state index is 0. The van der Waals surface area contributed by atoms with Crippen LogP contribution >= 0.6 is 0 Å². The van der Waals surface area contributed by atoms with Crippen molar-refractivity contribution in [3.63, 3.8) is 0 Å². The van der Waals surface area contributed by atoms with Gasteiger partial charge in [0.2, 0.25) is 0 Å². The molecule has 3 nitrogen and oxygen atoms in total. The third kappa shape index (κ3) is 7.50. The molecule has 2 unspecified atom stereocenters. The SMILES string of the molecule is CCC(O)C(CC)CCC(=O)[O-].[Na+]. The van der Waals surface area contributed by atoms with E-state index in [2.05, 4.69) is 0 Å². The molecule has 0 rings (SSSR count). The molecule has 0 heterocycles. The summed E-state index contributed by atoms with van der Waals surface area (Å²) in [5, 5.41) is 19.6. The van der Waals surface area contributed by atoms with Gasteiger partial charge in [-0.3, -0.25) is 0 Å². The van der Waals surface area contributed by atoms with Crippen LogP contribution in [0.2, 0.25) is 0 Å². The maximum absolute atomic E-state index is 10.1. The zero-order valence-corrected chi connectivity index (χ0v) is 10.7. The van der Waals surface area contributed by atoms with Gasteiger partial charge in [-0.15, -0.1) is 0 Å². The molecule has 0 aromatic rings. The van der Waals surface area contributed by atoms with Crippen LogP contribution in [0.4, 0.5) is 0 Å². The summed E-state index contributed by atoms with van der Waals surface area (Å²) in [6, 6.07) is 0. The first-order chi connectivity index (χ1) is 5.61. The van der Waals surface area contributed by atoms with E-state index in [0.717, 1.165) is 6.42 Å². The van der Waals surface area contributed by atoms with Crippen molar-refractivity contribution in [1.82, 2.24) is 0 Å². The number of aliphatic hydroxyl groups excluding tert-OH is 1. The standard InChI is InChI=1S/C9H18O3.Na/c1-3-7(8(10)4-2)5-6-9(11)12;/h7-8,10H,3-6H2,1-2H3,(H,11,12);/q;+1/p-1. The zero-order valence-electron chi connectivity index (χ0n) is 8.75. The molecule has 0 bridgehead atoms. The quantitative estimate of drug-likeness (QED) is 0.471. The van der Waals surface area contributed by atoms with Gasteiger partial charge in [0.05, 0.1) is 6.10 Å². The summed E-state index contributed by atoms with van der Waals surface area (Å²) >= 11 is 0. The van der Waals surface area contributed by atoms with Crippen LogP contribution < -0.4 is 34.7 Å². The second-order valence-corrected chi connectivity index (χ2v) is 3.05. The Bertz CT molecular complexity index is 139. The van der Waals surface area contributed by atoms with Gasteiger partial charge in [-0.1, -0.05) is 20.3 Å². The Morgan fingerprint density at radius 3 is 2.23 bits per heavy atom. The van der Waals surface area contributed by atoms with Crippen LogP contribution in [0.5, 0.6) is 0 Å². The van der Waals surface area contributed by atoms with Gasteiger partial charge < -0.3 is 15.0 Å². The van der Waals surface area contributed by atoms with Crippen LogP contribution in [-0.2, 0) is 4.79 Å². The van der Waals surface area contributed by atoms with Crippen molar-refractivity contribution in [3.05, 3.63) is 0 Å². The van der Waals surface area contributed by atoms with Gasteiger partial charge in [-0.25, -0.2) is 0 Å². The maximum Gasteiger partial charge on any atom is 1.00 e. The number of carbonyl (C=O) groups excluding carboxylic acids is 1. The fraction of sp³-hybridized carbons (Fsp3) is 0.889. The van der Waals surface area contributed by atoms with Crippen LogP contribution in [0.3, 0.4) is 0 Å². The summed E-state index contributed by atoms with van der Waals surface area (Å²) in [4.78, 5) is 10.1. The van der Waals surface area contributed by atoms with E-state index in [9.17, 15) is 15.0 Å².